The first-order chi connectivity index (χ1) is 14.2. The zero-order valence-corrected chi connectivity index (χ0v) is 16.3. The number of carbonyl (C=O) groups excluding carboxylic acids is 1. The van der Waals surface area contributed by atoms with Crippen molar-refractivity contribution >= 4 is 55.5 Å². The summed E-state index contributed by atoms with van der Waals surface area (Å²) in [5.41, 5.74) is 3.11. The van der Waals surface area contributed by atoms with Gasteiger partial charge in [0.2, 0.25) is 11.8 Å². The lowest BCUT2D eigenvalue weighted by Gasteiger charge is -2.25. The number of oxazole rings is 1. The van der Waals surface area contributed by atoms with Crippen LogP contribution in [0.5, 0.6) is 0 Å². The number of rotatable bonds is 4. The van der Waals surface area contributed by atoms with Crippen molar-refractivity contribution in [1.82, 2.24) is 9.97 Å². The Kier molecular flexibility index (Phi) is 4.71. The average Bonchev–Trinajstić information content (AvgIpc) is 3.36. The number of benzene rings is 2. The van der Waals surface area contributed by atoms with Crippen LogP contribution in [0.1, 0.15) is 5.89 Å². The van der Waals surface area contributed by atoms with Gasteiger partial charge in [-0.2, -0.15) is 0 Å². The van der Waals surface area contributed by atoms with Crippen LogP contribution in [0.3, 0.4) is 0 Å². The van der Waals surface area contributed by atoms with Gasteiger partial charge in [-0.3, -0.25) is 4.79 Å². The molecule has 4 aromatic rings. The number of thiazole rings is 1. The summed E-state index contributed by atoms with van der Waals surface area (Å²) in [5, 5.41) is 3.87. The summed E-state index contributed by atoms with van der Waals surface area (Å²) < 4.78 is 12.0. The number of fused-ring (bicyclic) bond motifs is 2. The summed E-state index contributed by atoms with van der Waals surface area (Å²) >= 11 is 1.62. The predicted molar refractivity (Wildman–Crippen MR) is 114 cm³/mol. The van der Waals surface area contributed by atoms with Crippen molar-refractivity contribution in [3.8, 4) is 0 Å². The van der Waals surface area contributed by atoms with E-state index in [9.17, 15) is 4.79 Å². The van der Waals surface area contributed by atoms with Crippen molar-refractivity contribution in [3.05, 3.63) is 54.4 Å². The van der Waals surface area contributed by atoms with Gasteiger partial charge in [-0.05, 0) is 30.3 Å². The first-order valence-corrected chi connectivity index (χ1v) is 10.1. The average molecular weight is 406 g/mol. The minimum Gasteiger partial charge on any atom is -0.437 e. The van der Waals surface area contributed by atoms with Crippen LogP contribution in [0.2, 0.25) is 0 Å². The molecular weight excluding hydrogens is 388 g/mol. The van der Waals surface area contributed by atoms with E-state index in [2.05, 4.69) is 15.2 Å². The van der Waals surface area contributed by atoms with Crippen molar-refractivity contribution in [1.29, 1.82) is 0 Å². The van der Waals surface area contributed by atoms with Gasteiger partial charge in [0, 0.05) is 30.9 Å². The molecular formula is C21H18N4O3S. The number of amides is 1. The number of anilines is 2. The second kappa shape index (κ2) is 7.65. The molecule has 29 heavy (non-hydrogen) atoms. The third-order valence-electron chi connectivity index (χ3n) is 4.61. The van der Waals surface area contributed by atoms with E-state index in [1.54, 1.807) is 17.4 Å². The molecule has 0 radical (unpaired) electrons. The number of aromatic nitrogens is 2. The first kappa shape index (κ1) is 17.8. The molecule has 0 unspecified atom stereocenters. The maximum Gasteiger partial charge on any atom is 0.248 e. The van der Waals surface area contributed by atoms with Gasteiger partial charge in [-0.1, -0.05) is 23.5 Å². The fourth-order valence-corrected chi connectivity index (χ4v) is 4.23. The highest BCUT2D eigenvalue weighted by molar-refractivity contribution is 7.22. The van der Waals surface area contributed by atoms with Gasteiger partial charge < -0.3 is 19.4 Å². The molecule has 5 rings (SSSR count). The Balaban J connectivity index is 1.29. The third kappa shape index (κ3) is 3.85. The molecule has 7 nitrogen and oxygen atoms in total. The minimum absolute atomic E-state index is 0.246. The zero-order chi connectivity index (χ0) is 19.6. The van der Waals surface area contributed by atoms with Crippen molar-refractivity contribution in [2.24, 2.45) is 0 Å². The Labute approximate surface area is 170 Å². The van der Waals surface area contributed by atoms with Gasteiger partial charge in [0.05, 0.1) is 23.4 Å². The standard InChI is InChI=1S/C21H18N4O3S/c26-19(7-8-20-23-15-3-1-2-4-17(15)28-20)22-14-5-6-16-18(13-14)29-21(24-16)25-9-11-27-12-10-25/h1-8,13H,9-12H2,(H,22,26)/b8-7+. The Morgan fingerprint density at radius 2 is 1.97 bits per heavy atom. The van der Waals surface area contributed by atoms with Crippen LogP contribution in [0, 0.1) is 0 Å². The SMILES string of the molecule is O=C(/C=C/c1nc2ccccc2o1)Nc1ccc2nc(N3CCOCC3)sc2c1. The summed E-state index contributed by atoms with van der Waals surface area (Å²) in [5.74, 6) is 0.152. The largest absolute Gasteiger partial charge is 0.437 e. The highest BCUT2D eigenvalue weighted by Gasteiger charge is 2.15. The Morgan fingerprint density at radius 3 is 2.83 bits per heavy atom. The normalized spacial score (nSPS) is 14.8. The summed E-state index contributed by atoms with van der Waals surface area (Å²) in [6, 6.07) is 13.2. The fourth-order valence-electron chi connectivity index (χ4n) is 3.17. The topological polar surface area (TPSA) is 80.5 Å². The number of nitrogens with one attached hydrogen (secondary N) is 1. The fraction of sp³-hybridized carbons (Fsp3) is 0.190. The maximum absolute atomic E-state index is 12.3. The summed E-state index contributed by atoms with van der Waals surface area (Å²) in [7, 11) is 0. The predicted octanol–water partition coefficient (Wildman–Crippen LogP) is 3.93. The lowest BCUT2D eigenvalue weighted by atomic mass is 10.3. The van der Waals surface area contributed by atoms with Gasteiger partial charge in [-0.25, -0.2) is 9.97 Å². The van der Waals surface area contributed by atoms with Crippen LogP contribution in [-0.4, -0.2) is 42.2 Å². The molecule has 1 aliphatic rings. The van der Waals surface area contributed by atoms with Gasteiger partial charge in [0.15, 0.2) is 10.7 Å². The molecule has 8 heteroatoms. The molecule has 0 bridgehead atoms. The molecule has 0 spiro atoms. The van der Waals surface area contributed by atoms with Gasteiger partial charge >= 0.3 is 0 Å². The Morgan fingerprint density at radius 1 is 1.10 bits per heavy atom. The van der Waals surface area contributed by atoms with Gasteiger partial charge in [0.25, 0.3) is 0 Å². The highest BCUT2D eigenvalue weighted by atomic mass is 32.1. The molecule has 1 N–H and O–H groups in total. The van der Waals surface area contributed by atoms with E-state index in [1.807, 2.05) is 42.5 Å². The van der Waals surface area contributed by atoms with Crippen LogP contribution in [0.25, 0.3) is 27.4 Å². The van der Waals surface area contributed by atoms with Gasteiger partial charge in [-0.15, -0.1) is 0 Å². The summed E-state index contributed by atoms with van der Waals surface area (Å²) in [6.45, 7) is 3.15. The molecule has 2 aromatic carbocycles. The maximum atomic E-state index is 12.3. The first-order valence-electron chi connectivity index (χ1n) is 9.32. The smallest absolute Gasteiger partial charge is 0.248 e. The van der Waals surface area contributed by atoms with E-state index >= 15 is 0 Å². The van der Waals surface area contributed by atoms with Crippen LogP contribution in [0.4, 0.5) is 10.8 Å². The number of ether oxygens (including phenoxy) is 1. The molecule has 1 aliphatic heterocycles. The van der Waals surface area contributed by atoms with Crippen molar-refractivity contribution in [2.45, 2.75) is 0 Å². The van der Waals surface area contributed by atoms with E-state index in [0.717, 1.165) is 52.9 Å². The zero-order valence-electron chi connectivity index (χ0n) is 15.5. The Hall–Kier alpha value is -3.23. The second-order valence-corrected chi connectivity index (χ2v) is 7.63. The lowest BCUT2D eigenvalue weighted by Crippen LogP contribution is -2.36. The Bertz CT molecular complexity index is 1170. The van der Waals surface area contributed by atoms with E-state index < -0.39 is 0 Å². The van der Waals surface area contributed by atoms with Crippen molar-refractivity contribution in [2.75, 3.05) is 36.5 Å². The van der Waals surface area contributed by atoms with E-state index in [1.165, 1.54) is 6.08 Å². The molecule has 0 aliphatic carbocycles. The van der Waals surface area contributed by atoms with Crippen LogP contribution in [-0.2, 0) is 9.53 Å². The van der Waals surface area contributed by atoms with Crippen LogP contribution in [0.15, 0.2) is 53.0 Å². The van der Waals surface area contributed by atoms with Crippen LogP contribution >= 0.6 is 11.3 Å². The molecule has 1 saturated heterocycles. The minimum atomic E-state index is -0.246. The number of hydrogen-bond acceptors (Lipinski definition) is 7. The van der Waals surface area contributed by atoms with Gasteiger partial charge in [0.1, 0.15) is 5.52 Å². The number of nitrogens with zero attached hydrogens (tertiary/aromatic N) is 3. The molecule has 3 heterocycles. The quantitative estimate of drug-likeness (QED) is 0.517. The molecule has 1 fully saturated rings. The molecule has 146 valence electrons. The van der Waals surface area contributed by atoms with Crippen LogP contribution < -0.4 is 10.2 Å². The number of morpholine rings is 1. The number of para-hydroxylation sites is 2. The lowest BCUT2D eigenvalue weighted by molar-refractivity contribution is -0.111. The number of carbonyl (C=O) groups is 1. The summed E-state index contributed by atoms with van der Waals surface area (Å²) in [6.07, 6.45) is 2.98. The molecule has 1 amide bonds. The van der Waals surface area contributed by atoms with Crippen molar-refractivity contribution < 1.29 is 13.9 Å². The highest BCUT2D eigenvalue weighted by Crippen LogP contribution is 2.31. The van der Waals surface area contributed by atoms with E-state index in [0.29, 0.717) is 11.5 Å². The molecule has 0 saturated carbocycles. The van der Waals surface area contributed by atoms with Crippen molar-refractivity contribution in [3.63, 3.8) is 0 Å². The molecule has 0 atom stereocenters. The van der Waals surface area contributed by atoms with E-state index in [4.69, 9.17) is 14.1 Å². The molecule has 2 aromatic heterocycles. The monoisotopic (exact) mass is 406 g/mol. The second-order valence-electron chi connectivity index (χ2n) is 6.62. The van der Waals surface area contributed by atoms with E-state index in [-0.39, 0.29) is 5.91 Å². The third-order valence-corrected chi connectivity index (χ3v) is 5.69. The number of hydrogen-bond donors (Lipinski definition) is 1. The summed E-state index contributed by atoms with van der Waals surface area (Å²) in [4.78, 5) is 23.5.